The molecule has 0 fully saturated rings. The summed E-state index contributed by atoms with van der Waals surface area (Å²) in [7, 11) is 3.18. The van der Waals surface area contributed by atoms with Crippen LogP contribution in [0.15, 0.2) is 71.2 Å². The lowest BCUT2D eigenvalue weighted by Gasteiger charge is -2.11. The molecule has 0 bridgehead atoms. The van der Waals surface area contributed by atoms with Crippen LogP contribution in [0.3, 0.4) is 0 Å². The molecular formula is C27H28BrN3O3. The van der Waals surface area contributed by atoms with Crippen molar-refractivity contribution in [3.63, 3.8) is 0 Å². The molecular weight excluding hydrogens is 494 g/mol. The number of hydrogen-bond acceptors (Lipinski definition) is 4. The highest BCUT2D eigenvalue weighted by atomic mass is 79.9. The zero-order chi connectivity index (χ0) is 23.9. The van der Waals surface area contributed by atoms with Gasteiger partial charge in [0, 0.05) is 24.0 Å². The van der Waals surface area contributed by atoms with Crippen molar-refractivity contribution in [1.82, 2.24) is 14.9 Å². The van der Waals surface area contributed by atoms with Crippen LogP contribution in [-0.4, -0.2) is 36.2 Å². The van der Waals surface area contributed by atoms with Crippen molar-refractivity contribution in [1.29, 1.82) is 0 Å². The molecule has 6 nitrogen and oxygen atoms in total. The van der Waals surface area contributed by atoms with E-state index in [-0.39, 0.29) is 5.91 Å². The molecule has 1 N–H and O–H groups in total. The maximum atomic E-state index is 12.4. The van der Waals surface area contributed by atoms with Crippen molar-refractivity contribution in [2.75, 3.05) is 20.8 Å². The quantitative estimate of drug-likeness (QED) is 0.293. The van der Waals surface area contributed by atoms with E-state index < -0.39 is 0 Å². The van der Waals surface area contributed by atoms with E-state index in [4.69, 9.17) is 14.5 Å². The van der Waals surface area contributed by atoms with Gasteiger partial charge >= 0.3 is 0 Å². The van der Waals surface area contributed by atoms with Gasteiger partial charge in [0.25, 0.3) is 0 Å². The van der Waals surface area contributed by atoms with Gasteiger partial charge in [-0.1, -0.05) is 46.3 Å². The first-order valence-corrected chi connectivity index (χ1v) is 12.0. The van der Waals surface area contributed by atoms with Gasteiger partial charge in [0.1, 0.15) is 5.82 Å². The molecule has 1 aromatic heterocycles. The fourth-order valence-corrected chi connectivity index (χ4v) is 4.24. The number of ether oxygens (including phenoxy) is 2. The molecule has 3 aromatic carbocycles. The predicted octanol–water partition coefficient (Wildman–Crippen LogP) is 5.16. The first-order valence-electron chi connectivity index (χ1n) is 11.2. The normalized spacial score (nSPS) is 10.9. The number of benzene rings is 3. The van der Waals surface area contributed by atoms with Crippen molar-refractivity contribution in [2.24, 2.45) is 0 Å². The van der Waals surface area contributed by atoms with Crippen LogP contribution in [0.4, 0.5) is 0 Å². The number of amides is 1. The minimum Gasteiger partial charge on any atom is -0.493 e. The van der Waals surface area contributed by atoms with E-state index in [9.17, 15) is 4.79 Å². The number of aryl methyl sites for hydroxylation is 1. The molecule has 4 rings (SSSR count). The highest BCUT2D eigenvalue weighted by molar-refractivity contribution is 9.10. The topological polar surface area (TPSA) is 65.4 Å². The molecule has 4 aromatic rings. The molecule has 1 amide bonds. The van der Waals surface area contributed by atoms with Crippen molar-refractivity contribution < 1.29 is 14.3 Å². The summed E-state index contributed by atoms with van der Waals surface area (Å²) in [4.78, 5) is 17.3. The largest absolute Gasteiger partial charge is 0.493 e. The second kappa shape index (κ2) is 11.2. The first-order chi connectivity index (χ1) is 16.6. The average molecular weight is 522 g/mol. The minimum absolute atomic E-state index is 0.0180. The number of carbonyl (C=O) groups excluding carboxylic acids is 1. The fraction of sp³-hybridized carbons (Fsp3) is 0.259. The SMILES string of the molecule is COc1ccc(CC(=O)NCCCc2nc3ccccc3n2Cc2ccc(Br)cc2)cc1OC. The highest BCUT2D eigenvalue weighted by Crippen LogP contribution is 2.27. The summed E-state index contributed by atoms with van der Waals surface area (Å²) in [6, 6.07) is 22.1. The van der Waals surface area contributed by atoms with Gasteiger partial charge in [-0.05, 0) is 53.9 Å². The Morgan fingerprint density at radius 3 is 2.47 bits per heavy atom. The molecule has 1 heterocycles. The van der Waals surface area contributed by atoms with Crippen LogP contribution in [0.2, 0.25) is 0 Å². The van der Waals surface area contributed by atoms with Crippen LogP contribution in [0, 0.1) is 0 Å². The smallest absolute Gasteiger partial charge is 0.224 e. The summed E-state index contributed by atoms with van der Waals surface area (Å²) < 4.78 is 13.9. The monoisotopic (exact) mass is 521 g/mol. The fourth-order valence-electron chi connectivity index (χ4n) is 3.98. The van der Waals surface area contributed by atoms with Crippen LogP contribution < -0.4 is 14.8 Å². The number of carbonyl (C=O) groups is 1. The number of para-hydroxylation sites is 2. The highest BCUT2D eigenvalue weighted by Gasteiger charge is 2.12. The predicted molar refractivity (Wildman–Crippen MR) is 138 cm³/mol. The molecule has 0 aliphatic heterocycles. The van der Waals surface area contributed by atoms with E-state index >= 15 is 0 Å². The Morgan fingerprint density at radius 1 is 0.971 bits per heavy atom. The van der Waals surface area contributed by atoms with Crippen LogP contribution in [-0.2, 0) is 24.2 Å². The zero-order valence-electron chi connectivity index (χ0n) is 19.4. The number of nitrogens with one attached hydrogen (secondary N) is 1. The van der Waals surface area contributed by atoms with E-state index in [1.165, 1.54) is 5.56 Å². The van der Waals surface area contributed by atoms with E-state index in [0.29, 0.717) is 24.5 Å². The summed E-state index contributed by atoms with van der Waals surface area (Å²) in [6.45, 7) is 1.35. The lowest BCUT2D eigenvalue weighted by atomic mass is 10.1. The Labute approximate surface area is 208 Å². The molecule has 0 aliphatic carbocycles. The van der Waals surface area contributed by atoms with Gasteiger partial charge in [0.15, 0.2) is 11.5 Å². The number of hydrogen-bond donors (Lipinski definition) is 1. The molecule has 0 unspecified atom stereocenters. The van der Waals surface area contributed by atoms with Crippen LogP contribution >= 0.6 is 15.9 Å². The number of nitrogens with zero attached hydrogens (tertiary/aromatic N) is 2. The second-order valence-electron chi connectivity index (χ2n) is 8.05. The molecule has 0 radical (unpaired) electrons. The number of aromatic nitrogens is 2. The number of fused-ring (bicyclic) bond motifs is 1. The molecule has 0 saturated carbocycles. The van der Waals surface area contributed by atoms with Gasteiger partial charge in [0.2, 0.25) is 5.91 Å². The minimum atomic E-state index is -0.0180. The molecule has 0 atom stereocenters. The maximum Gasteiger partial charge on any atom is 0.224 e. The standard InChI is InChI=1S/C27H28BrN3O3/c1-33-24-14-11-20(16-25(24)34-2)17-27(32)29-15-5-8-26-30-22-6-3-4-7-23(22)31(26)18-19-9-12-21(28)13-10-19/h3-4,6-7,9-14,16H,5,8,15,17-18H2,1-2H3,(H,29,32). The van der Waals surface area contributed by atoms with Crippen LogP contribution in [0.25, 0.3) is 11.0 Å². The molecule has 0 aliphatic rings. The van der Waals surface area contributed by atoms with Crippen molar-refractivity contribution in [3.05, 3.63) is 88.2 Å². The van der Waals surface area contributed by atoms with Crippen LogP contribution in [0.1, 0.15) is 23.4 Å². The lowest BCUT2D eigenvalue weighted by molar-refractivity contribution is -0.120. The molecule has 0 saturated heterocycles. The summed E-state index contributed by atoms with van der Waals surface area (Å²) in [5.41, 5.74) is 4.22. The van der Waals surface area contributed by atoms with E-state index in [1.54, 1.807) is 14.2 Å². The Bertz CT molecular complexity index is 1270. The van der Waals surface area contributed by atoms with Gasteiger partial charge in [-0.25, -0.2) is 4.98 Å². The summed E-state index contributed by atoms with van der Waals surface area (Å²) in [5.74, 6) is 2.28. The van der Waals surface area contributed by atoms with Crippen molar-refractivity contribution in [2.45, 2.75) is 25.8 Å². The van der Waals surface area contributed by atoms with Crippen molar-refractivity contribution >= 4 is 32.9 Å². The molecule has 0 spiro atoms. The Morgan fingerprint density at radius 2 is 1.71 bits per heavy atom. The van der Waals surface area contributed by atoms with Gasteiger partial charge in [0.05, 0.1) is 31.7 Å². The van der Waals surface area contributed by atoms with E-state index in [2.05, 4.69) is 56.1 Å². The number of methoxy groups -OCH3 is 2. The first kappa shape index (κ1) is 23.8. The van der Waals surface area contributed by atoms with Gasteiger partial charge in [-0.2, -0.15) is 0 Å². The van der Waals surface area contributed by atoms with Gasteiger partial charge in [-0.15, -0.1) is 0 Å². The Kier molecular flexibility index (Phi) is 7.85. The number of rotatable bonds is 10. The van der Waals surface area contributed by atoms with Gasteiger partial charge < -0.3 is 19.4 Å². The van der Waals surface area contributed by atoms with E-state index in [1.807, 2.05) is 36.4 Å². The molecule has 7 heteroatoms. The Balaban J connectivity index is 1.36. The molecule has 34 heavy (non-hydrogen) atoms. The second-order valence-corrected chi connectivity index (χ2v) is 8.96. The summed E-state index contributed by atoms with van der Waals surface area (Å²) >= 11 is 3.50. The average Bonchev–Trinajstić information content (AvgIpc) is 3.20. The third-order valence-electron chi connectivity index (χ3n) is 5.70. The van der Waals surface area contributed by atoms with Gasteiger partial charge in [-0.3, -0.25) is 4.79 Å². The van der Waals surface area contributed by atoms with E-state index in [0.717, 1.165) is 46.3 Å². The zero-order valence-corrected chi connectivity index (χ0v) is 21.0. The third-order valence-corrected chi connectivity index (χ3v) is 6.23. The maximum absolute atomic E-state index is 12.4. The molecule has 176 valence electrons. The number of imidazole rings is 1. The summed E-state index contributed by atoms with van der Waals surface area (Å²) in [6.07, 6.45) is 1.88. The number of halogens is 1. The Hall–Kier alpha value is -3.32. The van der Waals surface area contributed by atoms with Crippen molar-refractivity contribution in [3.8, 4) is 11.5 Å². The summed E-state index contributed by atoms with van der Waals surface area (Å²) in [5, 5.41) is 3.02. The van der Waals surface area contributed by atoms with Crippen LogP contribution in [0.5, 0.6) is 11.5 Å². The third kappa shape index (κ3) is 5.78. The lowest BCUT2D eigenvalue weighted by Crippen LogP contribution is -2.26.